The van der Waals surface area contributed by atoms with Gasteiger partial charge in [-0.3, -0.25) is 4.79 Å². The molecule has 110 valence electrons. The summed E-state index contributed by atoms with van der Waals surface area (Å²) in [6.45, 7) is 8.95. The Morgan fingerprint density at radius 1 is 1.00 bits per heavy atom. The number of hydrogen-bond acceptors (Lipinski definition) is 2. The molecule has 0 spiro atoms. The maximum atomic E-state index is 12.6. The average Bonchev–Trinajstić information content (AvgIpc) is 2.47. The number of carbonyl (C=O) groups is 1. The highest BCUT2D eigenvalue weighted by Crippen LogP contribution is 2.25. The van der Waals surface area contributed by atoms with Crippen molar-refractivity contribution < 1.29 is 9.53 Å². The van der Waals surface area contributed by atoms with Crippen LogP contribution in [0, 0.1) is 0 Å². The van der Waals surface area contributed by atoms with Crippen molar-refractivity contribution in [2.45, 2.75) is 33.1 Å². The van der Waals surface area contributed by atoms with Crippen molar-refractivity contribution in [3.63, 3.8) is 0 Å². The molecule has 0 aromatic heterocycles. The molecular weight excluding hydrogens is 260 g/mol. The van der Waals surface area contributed by atoms with Crippen LogP contribution in [0.3, 0.4) is 0 Å². The molecule has 0 heterocycles. The largest absolute Gasteiger partial charge is 0.493 e. The van der Waals surface area contributed by atoms with Crippen LogP contribution >= 0.6 is 0 Å². The van der Waals surface area contributed by atoms with Gasteiger partial charge in [0.15, 0.2) is 5.78 Å². The van der Waals surface area contributed by atoms with E-state index in [0.717, 1.165) is 0 Å². The van der Waals surface area contributed by atoms with E-state index in [0.29, 0.717) is 23.5 Å². The number of para-hydroxylation sites is 1. The second-order valence-electron chi connectivity index (χ2n) is 6.09. The van der Waals surface area contributed by atoms with Crippen molar-refractivity contribution in [3.8, 4) is 5.75 Å². The highest BCUT2D eigenvalue weighted by Gasteiger charge is 2.17. The molecule has 21 heavy (non-hydrogen) atoms. The Morgan fingerprint density at radius 2 is 1.62 bits per heavy atom. The second kappa shape index (κ2) is 6.13. The lowest BCUT2D eigenvalue weighted by Gasteiger charge is -2.19. The molecule has 0 saturated heterocycles. The third-order valence-corrected chi connectivity index (χ3v) is 3.44. The number of carbonyl (C=O) groups excluding carboxylic acids is 1. The summed E-state index contributed by atoms with van der Waals surface area (Å²) in [6.07, 6.45) is 0. The van der Waals surface area contributed by atoms with Gasteiger partial charge in [0.2, 0.25) is 0 Å². The summed E-state index contributed by atoms with van der Waals surface area (Å²) < 4.78 is 5.54. The average molecular weight is 282 g/mol. The van der Waals surface area contributed by atoms with Gasteiger partial charge in [-0.15, -0.1) is 0 Å². The standard InChI is InChI=1S/C19H22O2/c1-5-21-17-9-7-6-8-16(17)18(20)14-10-12-15(13-11-14)19(2,3)4/h6-13H,5H2,1-4H3. The van der Waals surface area contributed by atoms with Gasteiger partial charge in [0.25, 0.3) is 0 Å². The third kappa shape index (κ3) is 3.52. The molecule has 0 fully saturated rings. The molecule has 0 aliphatic heterocycles. The molecule has 0 bridgehead atoms. The van der Waals surface area contributed by atoms with Gasteiger partial charge >= 0.3 is 0 Å². The van der Waals surface area contributed by atoms with E-state index in [4.69, 9.17) is 4.74 Å². The number of ether oxygens (including phenoxy) is 1. The number of rotatable bonds is 4. The monoisotopic (exact) mass is 282 g/mol. The molecule has 2 rings (SSSR count). The van der Waals surface area contributed by atoms with Crippen LogP contribution in [0.1, 0.15) is 49.2 Å². The van der Waals surface area contributed by atoms with Gasteiger partial charge in [-0.25, -0.2) is 0 Å². The van der Waals surface area contributed by atoms with E-state index in [1.165, 1.54) is 5.56 Å². The van der Waals surface area contributed by atoms with E-state index in [1.807, 2.05) is 55.5 Å². The number of ketones is 1. The van der Waals surface area contributed by atoms with E-state index < -0.39 is 0 Å². The van der Waals surface area contributed by atoms with Crippen molar-refractivity contribution in [3.05, 3.63) is 65.2 Å². The summed E-state index contributed by atoms with van der Waals surface area (Å²) in [5.41, 5.74) is 2.61. The van der Waals surface area contributed by atoms with E-state index in [2.05, 4.69) is 20.8 Å². The zero-order valence-electron chi connectivity index (χ0n) is 13.1. The van der Waals surface area contributed by atoms with Gasteiger partial charge in [-0.1, -0.05) is 57.2 Å². The van der Waals surface area contributed by atoms with Gasteiger partial charge in [-0.05, 0) is 30.0 Å². The first kappa shape index (κ1) is 15.3. The minimum atomic E-state index is -0.000454. The Bertz CT molecular complexity index is 619. The predicted octanol–water partition coefficient (Wildman–Crippen LogP) is 4.61. The molecule has 0 aliphatic rings. The smallest absolute Gasteiger partial charge is 0.196 e. The van der Waals surface area contributed by atoms with Crippen molar-refractivity contribution in [2.24, 2.45) is 0 Å². The van der Waals surface area contributed by atoms with E-state index in [9.17, 15) is 4.79 Å². The van der Waals surface area contributed by atoms with Crippen LogP contribution in [-0.2, 0) is 5.41 Å². The van der Waals surface area contributed by atoms with Gasteiger partial charge < -0.3 is 4.74 Å². The van der Waals surface area contributed by atoms with Crippen LogP contribution < -0.4 is 4.74 Å². The Morgan fingerprint density at radius 3 is 2.19 bits per heavy atom. The summed E-state index contributed by atoms with van der Waals surface area (Å²) in [5.74, 6) is 0.643. The van der Waals surface area contributed by atoms with Crippen molar-refractivity contribution >= 4 is 5.78 Å². The number of benzene rings is 2. The first-order valence-electron chi connectivity index (χ1n) is 7.30. The SMILES string of the molecule is CCOc1ccccc1C(=O)c1ccc(C(C)(C)C)cc1. The zero-order valence-corrected chi connectivity index (χ0v) is 13.1. The molecule has 2 nitrogen and oxygen atoms in total. The second-order valence-corrected chi connectivity index (χ2v) is 6.09. The van der Waals surface area contributed by atoms with Crippen molar-refractivity contribution in [1.82, 2.24) is 0 Å². The molecule has 0 radical (unpaired) electrons. The fourth-order valence-electron chi connectivity index (χ4n) is 2.21. The van der Waals surface area contributed by atoms with Crippen LogP contribution in [0.15, 0.2) is 48.5 Å². The molecule has 0 N–H and O–H groups in total. The molecule has 2 aromatic carbocycles. The van der Waals surface area contributed by atoms with Gasteiger partial charge in [-0.2, -0.15) is 0 Å². The van der Waals surface area contributed by atoms with Crippen LogP contribution in [-0.4, -0.2) is 12.4 Å². The lowest BCUT2D eigenvalue weighted by Crippen LogP contribution is -2.11. The third-order valence-electron chi connectivity index (χ3n) is 3.44. The maximum absolute atomic E-state index is 12.6. The van der Waals surface area contributed by atoms with Gasteiger partial charge in [0, 0.05) is 5.56 Å². The van der Waals surface area contributed by atoms with Crippen molar-refractivity contribution in [1.29, 1.82) is 0 Å². The molecule has 0 aliphatic carbocycles. The molecule has 0 unspecified atom stereocenters. The first-order chi connectivity index (χ1) is 9.93. The molecular formula is C19H22O2. The van der Waals surface area contributed by atoms with Crippen LogP contribution in [0.4, 0.5) is 0 Å². The molecule has 0 saturated carbocycles. The van der Waals surface area contributed by atoms with Crippen LogP contribution in [0.2, 0.25) is 0 Å². The van der Waals surface area contributed by atoms with E-state index >= 15 is 0 Å². The number of hydrogen-bond donors (Lipinski definition) is 0. The Kier molecular flexibility index (Phi) is 4.46. The van der Waals surface area contributed by atoms with E-state index in [-0.39, 0.29) is 11.2 Å². The fraction of sp³-hybridized carbons (Fsp3) is 0.316. The lowest BCUT2D eigenvalue weighted by molar-refractivity contribution is 0.103. The minimum Gasteiger partial charge on any atom is -0.493 e. The maximum Gasteiger partial charge on any atom is 0.196 e. The summed E-state index contributed by atoms with van der Waals surface area (Å²) in [7, 11) is 0. The fourth-order valence-corrected chi connectivity index (χ4v) is 2.21. The highest BCUT2D eigenvalue weighted by molar-refractivity contribution is 6.10. The quantitative estimate of drug-likeness (QED) is 0.765. The summed E-state index contributed by atoms with van der Waals surface area (Å²) in [4.78, 5) is 12.6. The molecule has 0 amide bonds. The minimum absolute atomic E-state index is 0.000454. The molecule has 0 atom stereocenters. The Labute approximate surface area is 126 Å². The van der Waals surface area contributed by atoms with Crippen molar-refractivity contribution in [2.75, 3.05) is 6.61 Å². The van der Waals surface area contributed by atoms with Crippen LogP contribution in [0.25, 0.3) is 0 Å². The van der Waals surface area contributed by atoms with Crippen LogP contribution in [0.5, 0.6) is 5.75 Å². The zero-order chi connectivity index (χ0) is 15.5. The topological polar surface area (TPSA) is 26.3 Å². The predicted molar refractivity (Wildman–Crippen MR) is 86.2 cm³/mol. The Hall–Kier alpha value is -2.09. The summed E-state index contributed by atoms with van der Waals surface area (Å²) >= 11 is 0. The summed E-state index contributed by atoms with van der Waals surface area (Å²) in [6, 6.07) is 15.2. The lowest BCUT2D eigenvalue weighted by atomic mass is 9.86. The normalized spacial score (nSPS) is 11.2. The molecule has 2 heteroatoms. The highest BCUT2D eigenvalue weighted by atomic mass is 16.5. The Balaban J connectivity index is 2.32. The van der Waals surface area contributed by atoms with E-state index in [1.54, 1.807) is 0 Å². The molecule has 2 aromatic rings. The first-order valence-corrected chi connectivity index (χ1v) is 7.30. The summed E-state index contributed by atoms with van der Waals surface area (Å²) in [5, 5.41) is 0. The van der Waals surface area contributed by atoms with Gasteiger partial charge in [0.05, 0.1) is 12.2 Å². The van der Waals surface area contributed by atoms with Gasteiger partial charge in [0.1, 0.15) is 5.75 Å².